The number of allylic oxidation sites excluding steroid dienone is 3. The van der Waals surface area contributed by atoms with Gasteiger partial charge in [0.05, 0.1) is 11.5 Å². The van der Waals surface area contributed by atoms with E-state index in [-0.39, 0.29) is 17.8 Å². The molecule has 34 heavy (non-hydrogen) atoms. The van der Waals surface area contributed by atoms with Crippen LogP contribution in [0.2, 0.25) is 0 Å². The Morgan fingerprint density at radius 1 is 1.24 bits per heavy atom. The number of hydrogen-bond acceptors (Lipinski definition) is 5. The maximum Gasteiger partial charge on any atom is 0.314 e. The van der Waals surface area contributed by atoms with Crippen LogP contribution in [0.1, 0.15) is 91.9 Å². The van der Waals surface area contributed by atoms with E-state index in [0.29, 0.717) is 36.5 Å². The van der Waals surface area contributed by atoms with Gasteiger partial charge in [-0.2, -0.15) is 0 Å². The van der Waals surface area contributed by atoms with Gasteiger partial charge < -0.3 is 9.66 Å². The first-order valence-corrected chi connectivity index (χ1v) is 14.4. The zero-order valence-corrected chi connectivity index (χ0v) is 21.9. The summed E-state index contributed by atoms with van der Waals surface area (Å²) in [5.74, 6) is 1.52. The van der Waals surface area contributed by atoms with E-state index in [0.717, 1.165) is 31.3 Å². The predicted molar refractivity (Wildman–Crippen MR) is 130 cm³/mol. The highest BCUT2D eigenvalue weighted by Crippen LogP contribution is 2.67. The molecule has 0 heterocycles. The van der Waals surface area contributed by atoms with Gasteiger partial charge in [0.2, 0.25) is 10.4 Å². The van der Waals surface area contributed by atoms with E-state index in [2.05, 4.69) is 39.8 Å². The van der Waals surface area contributed by atoms with Crippen LogP contribution >= 0.6 is 0 Å². The average molecular weight is 494 g/mol. The topological polar surface area (TPSA) is 104 Å². The fraction of sp³-hybridized carbons (Fsp3) is 0.815. The van der Waals surface area contributed by atoms with Crippen molar-refractivity contribution in [2.45, 2.75) is 98.0 Å². The van der Waals surface area contributed by atoms with Crippen LogP contribution in [0.15, 0.2) is 23.3 Å². The molecule has 0 unspecified atom stereocenters. The first kappa shape index (κ1) is 25.9. The Bertz CT molecular complexity index is 964. The third-order valence-electron chi connectivity index (χ3n) is 10.2. The second-order valence-corrected chi connectivity index (χ2v) is 13.1. The molecular weight excluding hydrogens is 452 g/mol. The van der Waals surface area contributed by atoms with E-state index in [1.807, 2.05) is 0 Å². The molecule has 0 amide bonds. The molecule has 3 fully saturated rings. The fourth-order valence-electron chi connectivity index (χ4n) is 8.74. The minimum absolute atomic E-state index is 0.0765. The molecule has 0 aliphatic heterocycles. The van der Waals surface area contributed by atoms with Crippen molar-refractivity contribution >= 4 is 16.4 Å². The predicted octanol–water partition coefficient (Wildman–Crippen LogP) is 5.86. The van der Waals surface area contributed by atoms with Crippen molar-refractivity contribution in [3.63, 3.8) is 0 Å². The largest absolute Gasteiger partial charge is 0.726 e. The molecule has 0 aromatic carbocycles. The van der Waals surface area contributed by atoms with E-state index < -0.39 is 27.9 Å². The summed E-state index contributed by atoms with van der Waals surface area (Å²) in [6.07, 6.45) is 12.1. The molecule has 7 heteroatoms. The van der Waals surface area contributed by atoms with Crippen molar-refractivity contribution in [1.82, 2.24) is 0 Å². The number of hydrogen-bond donors (Lipinski definition) is 1. The van der Waals surface area contributed by atoms with Crippen LogP contribution in [0.3, 0.4) is 0 Å². The Kier molecular flexibility index (Phi) is 7.13. The van der Waals surface area contributed by atoms with Crippen LogP contribution < -0.4 is 0 Å². The number of fused-ring (bicyclic) bond motifs is 5. The highest BCUT2D eigenvalue weighted by molar-refractivity contribution is 7.80. The second-order valence-electron chi connectivity index (χ2n) is 12.1. The third-order valence-corrected chi connectivity index (χ3v) is 10.7. The van der Waals surface area contributed by atoms with E-state index in [1.54, 1.807) is 0 Å². The van der Waals surface area contributed by atoms with Crippen molar-refractivity contribution < 1.29 is 27.1 Å². The molecule has 0 bridgehead atoms. The summed E-state index contributed by atoms with van der Waals surface area (Å²) in [6, 6.07) is 0. The Balaban J connectivity index is 1.56. The zero-order chi connectivity index (χ0) is 24.9. The van der Waals surface area contributed by atoms with Crippen molar-refractivity contribution in [3.05, 3.63) is 23.3 Å². The molecule has 4 aliphatic rings. The normalized spacial score (nSPS) is 40.4. The first-order chi connectivity index (χ1) is 15.9. The van der Waals surface area contributed by atoms with Crippen LogP contribution in [0.4, 0.5) is 0 Å². The van der Waals surface area contributed by atoms with Gasteiger partial charge in [-0.25, -0.2) is 8.42 Å². The van der Waals surface area contributed by atoms with E-state index in [1.165, 1.54) is 24.8 Å². The molecule has 0 radical (unpaired) electrons. The summed E-state index contributed by atoms with van der Waals surface area (Å²) in [6.45, 7) is 9.19. The van der Waals surface area contributed by atoms with Crippen molar-refractivity contribution in [2.24, 2.45) is 40.4 Å². The number of aliphatic carboxylic acids is 1. The Labute approximate surface area is 205 Å². The van der Waals surface area contributed by atoms with Gasteiger partial charge in [0.15, 0.2) is 0 Å². The summed E-state index contributed by atoms with van der Waals surface area (Å²) >= 11 is 0. The molecule has 0 spiro atoms. The minimum Gasteiger partial charge on any atom is -0.726 e. The average Bonchev–Trinajstić information content (AvgIpc) is 3.09. The van der Waals surface area contributed by atoms with Gasteiger partial charge in [-0.15, -0.1) is 0 Å². The lowest BCUT2D eigenvalue weighted by molar-refractivity contribution is -0.159. The Morgan fingerprint density at radius 3 is 2.62 bits per heavy atom. The first-order valence-electron chi connectivity index (χ1n) is 13.1. The highest BCUT2D eigenvalue weighted by atomic mass is 32.3. The van der Waals surface area contributed by atoms with Gasteiger partial charge in [0, 0.05) is 0 Å². The van der Waals surface area contributed by atoms with Gasteiger partial charge in [-0.3, -0.25) is 8.98 Å². The third kappa shape index (κ3) is 4.53. The van der Waals surface area contributed by atoms with E-state index in [4.69, 9.17) is 4.18 Å². The smallest absolute Gasteiger partial charge is 0.314 e. The summed E-state index contributed by atoms with van der Waals surface area (Å²) < 4.78 is 38.1. The van der Waals surface area contributed by atoms with Crippen LogP contribution in [0.25, 0.3) is 0 Å². The van der Waals surface area contributed by atoms with Crippen molar-refractivity contribution in [2.75, 3.05) is 0 Å². The minimum atomic E-state index is -4.80. The van der Waals surface area contributed by atoms with Gasteiger partial charge in [0.25, 0.3) is 0 Å². The van der Waals surface area contributed by atoms with Gasteiger partial charge in [-0.1, -0.05) is 37.1 Å². The van der Waals surface area contributed by atoms with Crippen molar-refractivity contribution in [1.29, 1.82) is 0 Å². The van der Waals surface area contributed by atoms with Crippen LogP contribution in [-0.2, 0) is 19.4 Å². The monoisotopic (exact) mass is 493 g/mol. The molecule has 1 N–H and O–H groups in total. The highest BCUT2D eigenvalue weighted by Gasteiger charge is 2.62. The summed E-state index contributed by atoms with van der Waals surface area (Å²) in [5.41, 5.74) is 1.48. The lowest BCUT2D eigenvalue weighted by Gasteiger charge is -2.57. The standard InChI is InChI=1S/C27H42O6S/c1-17(2)6-5-7-18(3)22-10-11-23-21-9-8-19-16-20(33-34(30,31)32)12-15-27(19,25(28)29)24(21)13-14-26(22,23)4/h6,8,18,20-24H,5,7,9-16H2,1-4H3,(H,28,29)(H,30,31,32)/p-1/t18-,20+,21+,22-,23+,24+,26-,27-/m1/s1. The summed E-state index contributed by atoms with van der Waals surface area (Å²) in [7, 11) is -4.80. The molecule has 4 aliphatic carbocycles. The second kappa shape index (κ2) is 9.36. The summed E-state index contributed by atoms with van der Waals surface area (Å²) in [5, 5.41) is 10.5. The lowest BCUT2D eigenvalue weighted by Crippen LogP contribution is -2.55. The quantitative estimate of drug-likeness (QED) is 0.271. The number of carboxylic acid groups (broad SMARTS) is 1. The van der Waals surface area contributed by atoms with Gasteiger partial charge in [-0.05, 0) is 113 Å². The van der Waals surface area contributed by atoms with E-state index >= 15 is 0 Å². The molecule has 0 aromatic heterocycles. The Hall–Kier alpha value is -1.18. The molecule has 8 atom stereocenters. The molecule has 192 valence electrons. The maximum atomic E-state index is 12.8. The van der Waals surface area contributed by atoms with Crippen LogP contribution in [0.5, 0.6) is 0 Å². The SMILES string of the molecule is CC(C)=CCC[C@@H](C)[C@H]1CC[C@H]2[C@@H]3CC=C4C[C@@H](OS(=O)(=O)[O-])CC[C@]4(C(=O)O)[C@H]3CC[C@]12C. The summed E-state index contributed by atoms with van der Waals surface area (Å²) in [4.78, 5) is 12.8. The van der Waals surface area contributed by atoms with Gasteiger partial charge in [0.1, 0.15) is 0 Å². The van der Waals surface area contributed by atoms with Gasteiger partial charge >= 0.3 is 5.97 Å². The Morgan fingerprint density at radius 2 is 1.97 bits per heavy atom. The maximum absolute atomic E-state index is 12.8. The number of carboxylic acids is 1. The molecular formula is C27H41O6S-. The molecule has 0 aromatic rings. The van der Waals surface area contributed by atoms with Crippen LogP contribution in [0, 0.1) is 40.4 Å². The molecule has 4 rings (SSSR count). The van der Waals surface area contributed by atoms with Crippen molar-refractivity contribution in [3.8, 4) is 0 Å². The number of carbonyl (C=O) groups is 1. The molecule has 3 saturated carbocycles. The van der Waals surface area contributed by atoms with Crippen LogP contribution in [-0.4, -0.2) is 30.2 Å². The fourth-order valence-corrected chi connectivity index (χ4v) is 9.23. The van der Waals surface area contributed by atoms with E-state index in [9.17, 15) is 22.9 Å². The molecule has 6 nitrogen and oxygen atoms in total. The lowest BCUT2D eigenvalue weighted by atomic mass is 9.46. The zero-order valence-electron chi connectivity index (χ0n) is 21.1. The number of rotatable bonds is 7. The molecule has 0 saturated heterocycles.